The van der Waals surface area contributed by atoms with Crippen LogP contribution in [0.15, 0.2) is 22.7 Å². The maximum Gasteiger partial charge on any atom is 0.263 e. The van der Waals surface area contributed by atoms with Gasteiger partial charge in [0.15, 0.2) is 6.10 Å². The van der Waals surface area contributed by atoms with Crippen molar-refractivity contribution >= 4 is 27.7 Å². The minimum atomic E-state index is -0.671. The smallest absolute Gasteiger partial charge is 0.263 e. The minimum Gasteiger partial charge on any atom is -0.480 e. The third-order valence-corrected chi connectivity index (χ3v) is 5.07. The zero-order valence-corrected chi connectivity index (χ0v) is 17.4. The highest BCUT2D eigenvalue weighted by atomic mass is 79.9. The Morgan fingerprint density at radius 3 is 2.63 bits per heavy atom. The van der Waals surface area contributed by atoms with Crippen molar-refractivity contribution in [2.24, 2.45) is 0 Å². The summed E-state index contributed by atoms with van der Waals surface area (Å²) in [7, 11) is 0. The number of nitrogens with one attached hydrogen (secondary N) is 1. The van der Waals surface area contributed by atoms with Crippen LogP contribution in [0.3, 0.4) is 0 Å². The largest absolute Gasteiger partial charge is 0.480 e. The van der Waals surface area contributed by atoms with Crippen molar-refractivity contribution in [1.82, 2.24) is 15.1 Å². The van der Waals surface area contributed by atoms with Crippen LogP contribution < -0.4 is 10.1 Å². The lowest BCUT2D eigenvalue weighted by molar-refractivity contribution is -0.139. The number of nitrogens with zero attached hydrogens (tertiary/aromatic N) is 2. The predicted octanol–water partition coefficient (Wildman–Crippen LogP) is 2.42. The summed E-state index contributed by atoms with van der Waals surface area (Å²) in [6, 6.07) is 4.09. The lowest BCUT2D eigenvalue weighted by Crippen LogP contribution is -2.53. The van der Waals surface area contributed by atoms with Gasteiger partial charge in [0, 0.05) is 32.7 Å². The average molecular weight is 444 g/mol. The predicted molar refractivity (Wildman–Crippen MR) is 105 cm³/mol. The standard InChI is InChI=1S/C19H27BrFN3O3/c1-3-4-7-22-18(25)13-23-8-10-24(11-9-23)19(26)14(2)27-17-6-5-15(21)12-16(17)20/h5-6,12,14H,3-4,7-11,13H2,1-2H3,(H,22,25). The molecule has 8 heteroatoms. The third-order valence-electron chi connectivity index (χ3n) is 4.45. The van der Waals surface area contributed by atoms with E-state index < -0.39 is 6.10 Å². The first-order chi connectivity index (χ1) is 12.9. The van der Waals surface area contributed by atoms with Gasteiger partial charge in [0.05, 0.1) is 11.0 Å². The zero-order chi connectivity index (χ0) is 19.8. The molecule has 0 saturated carbocycles. The van der Waals surface area contributed by atoms with Crippen LogP contribution in [-0.2, 0) is 9.59 Å². The van der Waals surface area contributed by atoms with Gasteiger partial charge in [0.2, 0.25) is 5.91 Å². The van der Waals surface area contributed by atoms with Crippen molar-refractivity contribution in [3.63, 3.8) is 0 Å². The number of rotatable bonds is 8. The first kappa shape index (κ1) is 21.6. The maximum atomic E-state index is 13.2. The number of benzene rings is 1. The van der Waals surface area contributed by atoms with Gasteiger partial charge in [-0.2, -0.15) is 0 Å². The van der Waals surface area contributed by atoms with E-state index >= 15 is 0 Å². The molecular weight excluding hydrogens is 417 g/mol. The van der Waals surface area contributed by atoms with E-state index in [9.17, 15) is 14.0 Å². The molecule has 1 saturated heterocycles. The molecule has 0 bridgehead atoms. The number of ether oxygens (including phenoxy) is 1. The van der Waals surface area contributed by atoms with Crippen LogP contribution in [0, 0.1) is 5.82 Å². The lowest BCUT2D eigenvalue weighted by atomic mass is 10.2. The fourth-order valence-electron chi connectivity index (χ4n) is 2.86. The normalized spacial score (nSPS) is 16.1. The second-order valence-electron chi connectivity index (χ2n) is 6.64. The number of hydrogen-bond acceptors (Lipinski definition) is 4. The van der Waals surface area contributed by atoms with Crippen LogP contribution in [-0.4, -0.2) is 67.0 Å². The summed E-state index contributed by atoms with van der Waals surface area (Å²) in [5, 5.41) is 2.91. The van der Waals surface area contributed by atoms with Crippen LogP contribution in [0.4, 0.5) is 4.39 Å². The monoisotopic (exact) mass is 443 g/mol. The molecule has 0 spiro atoms. The Morgan fingerprint density at radius 1 is 1.30 bits per heavy atom. The Kier molecular flexibility index (Phi) is 8.50. The zero-order valence-electron chi connectivity index (χ0n) is 15.8. The van der Waals surface area contributed by atoms with Crippen LogP contribution in [0.2, 0.25) is 0 Å². The maximum absolute atomic E-state index is 13.2. The molecule has 6 nitrogen and oxygen atoms in total. The summed E-state index contributed by atoms with van der Waals surface area (Å²) in [6.07, 6.45) is 1.36. The van der Waals surface area contributed by atoms with Gasteiger partial charge in [-0.25, -0.2) is 4.39 Å². The Balaban J connectivity index is 1.77. The lowest BCUT2D eigenvalue weighted by Gasteiger charge is -2.35. The average Bonchev–Trinajstić information content (AvgIpc) is 2.64. The van der Waals surface area contributed by atoms with Gasteiger partial charge < -0.3 is 15.0 Å². The summed E-state index contributed by atoms with van der Waals surface area (Å²) < 4.78 is 19.3. The third kappa shape index (κ3) is 6.77. The highest BCUT2D eigenvalue weighted by Gasteiger charge is 2.27. The van der Waals surface area contributed by atoms with Crippen molar-refractivity contribution in [2.45, 2.75) is 32.8 Å². The quantitative estimate of drug-likeness (QED) is 0.626. The van der Waals surface area contributed by atoms with E-state index in [0.29, 0.717) is 49.5 Å². The van der Waals surface area contributed by atoms with Gasteiger partial charge in [0.25, 0.3) is 5.91 Å². The molecule has 1 unspecified atom stereocenters. The van der Waals surface area contributed by atoms with Gasteiger partial charge >= 0.3 is 0 Å². The second-order valence-corrected chi connectivity index (χ2v) is 7.49. The van der Waals surface area contributed by atoms with Crippen molar-refractivity contribution in [3.05, 3.63) is 28.5 Å². The highest BCUT2D eigenvalue weighted by molar-refractivity contribution is 9.10. The molecule has 1 atom stereocenters. The van der Waals surface area contributed by atoms with E-state index in [1.807, 2.05) is 4.90 Å². The first-order valence-electron chi connectivity index (χ1n) is 9.30. The molecule has 2 rings (SSSR count). The summed E-state index contributed by atoms with van der Waals surface area (Å²) in [5.74, 6) is -0.0259. The van der Waals surface area contributed by atoms with E-state index in [1.165, 1.54) is 18.2 Å². The van der Waals surface area contributed by atoms with Crippen molar-refractivity contribution in [2.75, 3.05) is 39.3 Å². The van der Waals surface area contributed by atoms with Crippen LogP contribution in [0.25, 0.3) is 0 Å². The molecular formula is C19H27BrFN3O3. The molecule has 150 valence electrons. The summed E-state index contributed by atoms with van der Waals surface area (Å²) in [5.41, 5.74) is 0. The van der Waals surface area contributed by atoms with Crippen LogP contribution >= 0.6 is 15.9 Å². The van der Waals surface area contributed by atoms with Crippen molar-refractivity contribution in [1.29, 1.82) is 0 Å². The molecule has 1 aromatic rings. The SMILES string of the molecule is CCCCNC(=O)CN1CCN(C(=O)C(C)Oc2ccc(F)cc2Br)CC1. The van der Waals surface area contributed by atoms with E-state index in [2.05, 4.69) is 28.2 Å². The number of hydrogen-bond donors (Lipinski definition) is 1. The van der Waals surface area contributed by atoms with Gasteiger partial charge in [-0.15, -0.1) is 0 Å². The number of carbonyl (C=O) groups excluding carboxylic acids is 2. The molecule has 0 radical (unpaired) electrons. The van der Waals surface area contributed by atoms with E-state index in [0.717, 1.165) is 12.8 Å². The number of unbranched alkanes of at least 4 members (excludes halogenated alkanes) is 1. The number of halogens is 2. The minimum absolute atomic E-state index is 0.0288. The molecule has 2 amide bonds. The summed E-state index contributed by atoms with van der Waals surface area (Å²) in [4.78, 5) is 28.3. The number of carbonyl (C=O) groups is 2. The molecule has 1 fully saturated rings. The van der Waals surface area contributed by atoms with Gasteiger partial charge in [-0.1, -0.05) is 13.3 Å². The molecule has 1 aliphatic heterocycles. The van der Waals surface area contributed by atoms with E-state index in [1.54, 1.807) is 11.8 Å². The van der Waals surface area contributed by atoms with Crippen molar-refractivity contribution < 1.29 is 18.7 Å². The molecule has 1 aromatic carbocycles. The molecule has 1 N–H and O–H groups in total. The van der Waals surface area contributed by atoms with Gasteiger partial charge in [-0.05, 0) is 47.5 Å². The van der Waals surface area contributed by atoms with Gasteiger partial charge in [0.1, 0.15) is 11.6 Å². The first-order valence-corrected chi connectivity index (χ1v) is 10.1. The fourth-order valence-corrected chi connectivity index (χ4v) is 3.30. The molecule has 27 heavy (non-hydrogen) atoms. The Morgan fingerprint density at radius 2 is 2.00 bits per heavy atom. The molecule has 1 heterocycles. The number of amides is 2. The highest BCUT2D eigenvalue weighted by Crippen LogP contribution is 2.26. The topological polar surface area (TPSA) is 61.9 Å². The van der Waals surface area contributed by atoms with Crippen LogP contribution in [0.1, 0.15) is 26.7 Å². The Labute approximate surface area is 168 Å². The Bertz CT molecular complexity index is 651. The second kappa shape index (κ2) is 10.6. The Hall–Kier alpha value is -1.67. The van der Waals surface area contributed by atoms with E-state index in [4.69, 9.17) is 4.74 Å². The summed E-state index contributed by atoms with van der Waals surface area (Å²) >= 11 is 3.24. The van der Waals surface area contributed by atoms with Crippen LogP contribution in [0.5, 0.6) is 5.75 Å². The molecule has 1 aliphatic rings. The fraction of sp³-hybridized carbons (Fsp3) is 0.579. The van der Waals surface area contributed by atoms with Crippen molar-refractivity contribution in [3.8, 4) is 5.75 Å². The van der Waals surface area contributed by atoms with E-state index in [-0.39, 0.29) is 17.6 Å². The summed E-state index contributed by atoms with van der Waals surface area (Å²) in [6.45, 7) is 7.26. The molecule has 0 aromatic heterocycles. The number of piperazine rings is 1. The molecule has 0 aliphatic carbocycles. The van der Waals surface area contributed by atoms with Gasteiger partial charge in [-0.3, -0.25) is 14.5 Å².